The van der Waals surface area contributed by atoms with Gasteiger partial charge in [0.2, 0.25) is 0 Å². The zero-order chi connectivity index (χ0) is 18.2. The van der Waals surface area contributed by atoms with E-state index in [0.29, 0.717) is 6.61 Å². The third kappa shape index (κ3) is 4.88. The van der Waals surface area contributed by atoms with Crippen molar-refractivity contribution >= 4 is 16.9 Å². The second-order valence-corrected chi connectivity index (χ2v) is 6.56. The summed E-state index contributed by atoms with van der Waals surface area (Å²) < 4.78 is 6.10. The topological polar surface area (TPSA) is 62.3 Å². The van der Waals surface area contributed by atoms with E-state index in [1.807, 2.05) is 36.5 Å². The van der Waals surface area contributed by atoms with Crippen molar-refractivity contribution in [2.75, 3.05) is 0 Å². The molecule has 2 N–H and O–H groups in total. The van der Waals surface area contributed by atoms with Crippen LogP contribution in [0.1, 0.15) is 43.2 Å². The maximum atomic E-state index is 10.5. The van der Waals surface area contributed by atoms with Gasteiger partial charge in [-0.1, -0.05) is 49.2 Å². The van der Waals surface area contributed by atoms with Crippen LogP contribution in [-0.4, -0.2) is 16.1 Å². The molecule has 0 bridgehead atoms. The highest BCUT2D eigenvalue weighted by Crippen LogP contribution is 2.24. The highest BCUT2D eigenvalue weighted by molar-refractivity contribution is 5.82. The van der Waals surface area contributed by atoms with Gasteiger partial charge in [-0.25, -0.2) is 0 Å². The predicted molar refractivity (Wildman–Crippen MR) is 103 cm³/mol. The number of nitrogens with one attached hydrogen (secondary N) is 1. The minimum Gasteiger partial charge on any atom is -0.489 e. The molecule has 4 nitrogen and oxygen atoms in total. The maximum Gasteiger partial charge on any atom is 0.303 e. The number of carbonyl (C=O) groups is 1. The van der Waals surface area contributed by atoms with Gasteiger partial charge >= 0.3 is 5.97 Å². The van der Waals surface area contributed by atoms with Crippen molar-refractivity contribution in [3.63, 3.8) is 0 Å². The van der Waals surface area contributed by atoms with Crippen molar-refractivity contribution in [2.24, 2.45) is 0 Å². The first-order chi connectivity index (χ1) is 12.7. The monoisotopic (exact) mass is 351 g/mol. The number of aromatic nitrogens is 1. The molecule has 0 aliphatic heterocycles. The van der Waals surface area contributed by atoms with Crippen LogP contribution in [0.3, 0.4) is 0 Å². The highest BCUT2D eigenvalue weighted by Gasteiger charge is 2.07. The van der Waals surface area contributed by atoms with E-state index in [1.54, 1.807) is 0 Å². The third-order valence-electron chi connectivity index (χ3n) is 4.62. The quantitative estimate of drug-likeness (QED) is 0.486. The summed E-state index contributed by atoms with van der Waals surface area (Å²) in [7, 11) is 0. The molecular weight excluding hydrogens is 326 g/mol. The molecule has 4 heteroatoms. The van der Waals surface area contributed by atoms with Crippen LogP contribution in [-0.2, 0) is 17.8 Å². The van der Waals surface area contributed by atoms with Gasteiger partial charge in [-0.3, -0.25) is 4.79 Å². The lowest BCUT2D eigenvalue weighted by molar-refractivity contribution is -0.137. The number of H-pyrrole nitrogens is 1. The molecular formula is C22H25NO3. The number of rotatable bonds is 10. The molecule has 0 aliphatic carbocycles. The van der Waals surface area contributed by atoms with E-state index < -0.39 is 5.97 Å². The summed E-state index contributed by atoms with van der Waals surface area (Å²) >= 11 is 0. The molecule has 0 atom stereocenters. The second-order valence-electron chi connectivity index (χ2n) is 6.56. The number of carboxylic acids is 1. The van der Waals surface area contributed by atoms with Gasteiger partial charge in [0.1, 0.15) is 12.4 Å². The van der Waals surface area contributed by atoms with Crippen molar-refractivity contribution < 1.29 is 14.6 Å². The SMILES string of the molecule is O=C(O)CCCCCCc1ccccc1OCc1c[nH]c2ccccc12. The lowest BCUT2D eigenvalue weighted by atomic mass is 10.0. The van der Waals surface area contributed by atoms with Crippen LogP contribution in [0.15, 0.2) is 54.7 Å². The van der Waals surface area contributed by atoms with Crippen molar-refractivity contribution in [1.29, 1.82) is 0 Å². The van der Waals surface area contributed by atoms with Gasteiger partial charge in [0.05, 0.1) is 0 Å². The zero-order valence-electron chi connectivity index (χ0n) is 14.9. The highest BCUT2D eigenvalue weighted by atomic mass is 16.5. The average molecular weight is 351 g/mol. The first-order valence-corrected chi connectivity index (χ1v) is 9.21. The number of fused-ring (bicyclic) bond motifs is 1. The van der Waals surface area contributed by atoms with E-state index in [-0.39, 0.29) is 6.42 Å². The largest absolute Gasteiger partial charge is 0.489 e. The third-order valence-corrected chi connectivity index (χ3v) is 4.62. The number of aryl methyl sites for hydroxylation is 1. The van der Waals surface area contributed by atoms with Crippen molar-refractivity contribution in [2.45, 2.75) is 45.1 Å². The fourth-order valence-electron chi connectivity index (χ4n) is 3.20. The van der Waals surface area contributed by atoms with E-state index in [4.69, 9.17) is 9.84 Å². The molecule has 0 saturated carbocycles. The second kappa shape index (κ2) is 9.09. The van der Waals surface area contributed by atoms with Gasteiger partial charge in [-0.2, -0.15) is 0 Å². The van der Waals surface area contributed by atoms with E-state index in [9.17, 15) is 4.79 Å². The van der Waals surface area contributed by atoms with Crippen LogP contribution in [0, 0.1) is 0 Å². The van der Waals surface area contributed by atoms with Gasteiger partial charge in [0.15, 0.2) is 0 Å². The lowest BCUT2D eigenvalue weighted by Crippen LogP contribution is -1.98. The smallest absolute Gasteiger partial charge is 0.303 e. The number of para-hydroxylation sites is 2. The van der Waals surface area contributed by atoms with E-state index in [0.717, 1.165) is 48.9 Å². The molecule has 0 unspecified atom stereocenters. The molecule has 136 valence electrons. The maximum absolute atomic E-state index is 10.5. The molecule has 0 aliphatic rings. The van der Waals surface area contributed by atoms with Crippen LogP contribution < -0.4 is 4.74 Å². The predicted octanol–water partition coefficient (Wildman–Crippen LogP) is 5.32. The van der Waals surface area contributed by atoms with Crippen molar-refractivity contribution in [1.82, 2.24) is 4.98 Å². The summed E-state index contributed by atoms with van der Waals surface area (Å²) in [5.74, 6) is 0.226. The summed E-state index contributed by atoms with van der Waals surface area (Å²) in [5, 5.41) is 9.87. The number of unbranched alkanes of at least 4 members (excludes halogenated alkanes) is 3. The Bertz CT molecular complexity index is 853. The number of hydrogen-bond donors (Lipinski definition) is 2. The van der Waals surface area contributed by atoms with Crippen LogP contribution in [0.4, 0.5) is 0 Å². The number of benzene rings is 2. The van der Waals surface area contributed by atoms with Gasteiger partial charge in [-0.15, -0.1) is 0 Å². The lowest BCUT2D eigenvalue weighted by Gasteiger charge is -2.11. The normalized spacial score (nSPS) is 10.9. The molecule has 26 heavy (non-hydrogen) atoms. The summed E-state index contributed by atoms with van der Waals surface area (Å²) in [5.41, 5.74) is 3.50. The minimum atomic E-state index is -0.707. The molecule has 2 aromatic carbocycles. The summed E-state index contributed by atoms with van der Waals surface area (Å²) in [6, 6.07) is 16.4. The molecule has 0 saturated heterocycles. The number of ether oxygens (including phenoxy) is 1. The molecule has 3 aromatic rings. The van der Waals surface area contributed by atoms with Crippen LogP contribution in [0.2, 0.25) is 0 Å². The fraction of sp³-hybridized carbons (Fsp3) is 0.318. The molecule has 1 aromatic heterocycles. The first-order valence-electron chi connectivity index (χ1n) is 9.21. The van der Waals surface area contributed by atoms with Gasteiger partial charge in [-0.05, 0) is 37.0 Å². The number of carboxylic acid groups (broad SMARTS) is 1. The Kier molecular flexibility index (Phi) is 6.31. The number of aromatic amines is 1. The van der Waals surface area contributed by atoms with Crippen molar-refractivity contribution in [3.8, 4) is 5.75 Å². The van der Waals surface area contributed by atoms with Crippen molar-refractivity contribution in [3.05, 3.63) is 65.9 Å². The van der Waals surface area contributed by atoms with Gasteiger partial charge in [0.25, 0.3) is 0 Å². The Morgan fingerprint density at radius 2 is 1.69 bits per heavy atom. The van der Waals surface area contributed by atoms with E-state index >= 15 is 0 Å². The number of aliphatic carboxylic acids is 1. The van der Waals surface area contributed by atoms with Gasteiger partial charge < -0.3 is 14.8 Å². The first kappa shape index (κ1) is 18.1. The standard InChI is InChI=1S/C22H25NO3/c24-22(25)14-4-2-1-3-9-17-10-5-8-13-21(17)26-16-18-15-23-20-12-7-6-11-19(18)20/h5-8,10-13,15,23H,1-4,9,14,16H2,(H,24,25). The molecule has 0 spiro atoms. The fourth-order valence-corrected chi connectivity index (χ4v) is 3.20. The Hall–Kier alpha value is -2.75. The summed E-state index contributed by atoms with van der Waals surface area (Å²) in [6.45, 7) is 0.541. The molecule has 3 rings (SSSR count). The molecule has 0 amide bonds. The van der Waals surface area contributed by atoms with Gasteiger partial charge in [0, 0.05) is 29.1 Å². The summed E-state index contributed by atoms with van der Waals surface area (Å²) in [6.07, 6.45) is 7.05. The summed E-state index contributed by atoms with van der Waals surface area (Å²) in [4.78, 5) is 13.8. The average Bonchev–Trinajstić information content (AvgIpc) is 3.06. The Labute approximate surface area is 153 Å². The van der Waals surface area contributed by atoms with Crippen LogP contribution in [0.5, 0.6) is 5.75 Å². The minimum absolute atomic E-state index is 0.268. The Morgan fingerprint density at radius 1 is 0.923 bits per heavy atom. The Balaban J connectivity index is 1.53. The molecule has 0 radical (unpaired) electrons. The van der Waals surface area contributed by atoms with E-state index in [1.165, 1.54) is 10.9 Å². The molecule has 1 heterocycles. The number of hydrogen-bond acceptors (Lipinski definition) is 2. The molecule has 0 fully saturated rings. The van der Waals surface area contributed by atoms with E-state index in [2.05, 4.69) is 23.2 Å². The Morgan fingerprint density at radius 3 is 2.58 bits per heavy atom. The van der Waals surface area contributed by atoms with Crippen LogP contribution in [0.25, 0.3) is 10.9 Å². The van der Waals surface area contributed by atoms with Crippen LogP contribution >= 0.6 is 0 Å². The zero-order valence-corrected chi connectivity index (χ0v) is 14.9.